The Hall–Kier alpha value is -2.56. The van der Waals surface area contributed by atoms with Crippen LogP contribution in [0.4, 0.5) is 0 Å². The van der Waals surface area contributed by atoms with Crippen LogP contribution in [0.1, 0.15) is 69.6 Å². The Balaban J connectivity index is 1.74. The molecule has 0 spiro atoms. The van der Waals surface area contributed by atoms with E-state index in [9.17, 15) is 9.59 Å². The van der Waals surface area contributed by atoms with Crippen molar-refractivity contribution >= 4 is 11.8 Å². The van der Waals surface area contributed by atoms with Crippen molar-refractivity contribution in [3.05, 3.63) is 60.1 Å². The van der Waals surface area contributed by atoms with Crippen LogP contribution in [0.2, 0.25) is 0 Å². The SMILES string of the molecule is CCCCC(=O)N(CC(=O)N(Cc1ccccc1)Cc1ccco1)C1CCCCC1. The van der Waals surface area contributed by atoms with Gasteiger partial charge in [0.05, 0.1) is 12.8 Å². The summed E-state index contributed by atoms with van der Waals surface area (Å²) < 4.78 is 5.50. The van der Waals surface area contributed by atoms with Crippen LogP contribution in [-0.2, 0) is 22.7 Å². The van der Waals surface area contributed by atoms with Gasteiger partial charge in [0.1, 0.15) is 12.3 Å². The lowest BCUT2D eigenvalue weighted by atomic mass is 9.93. The first-order valence-corrected chi connectivity index (χ1v) is 11.3. The van der Waals surface area contributed by atoms with Gasteiger partial charge >= 0.3 is 0 Å². The molecule has 1 fully saturated rings. The van der Waals surface area contributed by atoms with Crippen molar-refractivity contribution in [2.75, 3.05) is 6.54 Å². The lowest BCUT2D eigenvalue weighted by molar-refractivity contribution is -0.144. The number of furan rings is 1. The average molecular weight is 411 g/mol. The van der Waals surface area contributed by atoms with Crippen molar-refractivity contribution in [1.82, 2.24) is 9.80 Å². The van der Waals surface area contributed by atoms with E-state index in [0.717, 1.165) is 49.8 Å². The normalized spacial score (nSPS) is 14.4. The van der Waals surface area contributed by atoms with E-state index in [1.165, 1.54) is 6.42 Å². The van der Waals surface area contributed by atoms with Gasteiger partial charge in [0.2, 0.25) is 11.8 Å². The zero-order valence-electron chi connectivity index (χ0n) is 18.1. The molecule has 3 rings (SSSR count). The second-order valence-corrected chi connectivity index (χ2v) is 8.23. The van der Waals surface area contributed by atoms with Crippen LogP contribution >= 0.6 is 0 Å². The molecular formula is C25H34N2O3. The lowest BCUT2D eigenvalue weighted by Crippen LogP contribution is -2.47. The van der Waals surface area contributed by atoms with Crippen molar-refractivity contribution in [3.8, 4) is 0 Å². The van der Waals surface area contributed by atoms with Crippen molar-refractivity contribution in [2.24, 2.45) is 0 Å². The molecule has 1 aliphatic carbocycles. The Kier molecular flexibility index (Phi) is 8.54. The molecule has 1 heterocycles. The Morgan fingerprint density at radius 1 is 0.967 bits per heavy atom. The van der Waals surface area contributed by atoms with Gasteiger partial charge in [0, 0.05) is 19.0 Å². The second-order valence-electron chi connectivity index (χ2n) is 8.23. The van der Waals surface area contributed by atoms with E-state index in [1.54, 1.807) is 11.2 Å². The monoisotopic (exact) mass is 410 g/mol. The van der Waals surface area contributed by atoms with E-state index in [1.807, 2.05) is 47.4 Å². The number of hydrogen-bond donors (Lipinski definition) is 0. The smallest absolute Gasteiger partial charge is 0.242 e. The van der Waals surface area contributed by atoms with Crippen LogP contribution in [0.3, 0.4) is 0 Å². The molecule has 1 aromatic carbocycles. The van der Waals surface area contributed by atoms with E-state index < -0.39 is 0 Å². The predicted octanol–water partition coefficient (Wildman–Crippen LogP) is 5.16. The molecule has 30 heavy (non-hydrogen) atoms. The Bertz CT molecular complexity index is 767. The number of carbonyl (C=O) groups is 2. The van der Waals surface area contributed by atoms with Gasteiger partial charge in [0.15, 0.2) is 0 Å². The molecule has 2 aromatic rings. The summed E-state index contributed by atoms with van der Waals surface area (Å²) in [6, 6.07) is 13.9. The number of rotatable bonds is 10. The van der Waals surface area contributed by atoms with Gasteiger partial charge in [-0.05, 0) is 37.0 Å². The molecule has 1 saturated carbocycles. The minimum Gasteiger partial charge on any atom is -0.467 e. The van der Waals surface area contributed by atoms with Crippen molar-refractivity contribution in [3.63, 3.8) is 0 Å². The molecule has 5 heteroatoms. The van der Waals surface area contributed by atoms with Crippen molar-refractivity contribution in [2.45, 2.75) is 77.4 Å². The third kappa shape index (κ3) is 6.48. The van der Waals surface area contributed by atoms with Crippen LogP contribution in [-0.4, -0.2) is 34.2 Å². The van der Waals surface area contributed by atoms with E-state index in [0.29, 0.717) is 19.5 Å². The summed E-state index contributed by atoms with van der Waals surface area (Å²) >= 11 is 0. The molecule has 0 bridgehead atoms. The first-order valence-electron chi connectivity index (χ1n) is 11.3. The minimum absolute atomic E-state index is 0.0225. The summed E-state index contributed by atoms with van der Waals surface area (Å²) in [5.41, 5.74) is 1.07. The summed E-state index contributed by atoms with van der Waals surface area (Å²) in [5.74, 6) is 0.848. The summed E-state index contributed by atoms with van der Waals surface area (Å²) in [5, 5.41) is 0. The number of hydrogen-bond acceptors (Lipinski definition) is 3. The molecule has 1 aliphatic rings. The highest BCUT2D eigenvalue weighted by Crippen LogP contribution is 2.24. The average Bonchev–Trinajstić information content (AvgIpc) is 3.29. The quantitative estimate of drug-likeness (QED) is 0.544. The number of unbranched alkanes of at least 4 members (excludes halogenated alkanes) is 1. The molecule has 5 nitrogen and oxygen atoms in total. The fourth-order valence-electron chi connectivity index (χ4n) is 4.16. The highest BCUT2D eigenvalue weighted by molar-refractivity contribution is 5.85. The zero-order chi connectivity index (χ0) is 21.2. The van der Waals surface area contributed by atoms with Gasteiger partial charge in [-0.2, -0.15) is 0 Å². The fraction of sp³-hybridized carbons (Fsp3) is 0.520. The van der Waals surface area contributed by atoms with Crippen molar-refractivity contribution in [1.29, 1.82) is 0 Å². The van der Waals surface area contributed by atoms with Crippen LogP contribution < -0.4 is 0 Å². The first-order chi connectivity index (χ1) is 14.7. The third-order valence-corrected chi connectivity index (χ3v) is 5.88. The maximum Gasteiger partial charge on any atom is 0.242 e. The van der Waals surface area contributed by atoms with Crippen molar-refractivity contribution < 1.29 is 14.0 Å². The zero-order valence-corrected chi connectivity index (χ0v) is 18.1. The van der Waals surface area contributed by atoms with Gasteiger partial charge < -0.3 is 14.2 Å². The Morgan fingerprint density at radius 2 is 1.73 bits per heavy atom. The van der Waals surface area contributed by atoms with Gasteiger partial charge in [-0.3, -0.25) is 9.59 Å². The molecular weight excluding hydrogens is 376 g/mol. The highest BCUT2D eigenvalue weighted by atomic mass is 16.3. The van der Waals surface area contributed by atoms with Crippen LogP contribution in [0.15, 0.2) is 53.1 Å². The molecule has 0 saturated heterocycles. The van der Waals surface area contributed by atoms with E-state index in [4.69, 9.17) is 4.42 Å². The van der Waals surface area contributed by atoms with E-state index in [-0.39, 0.29) is 24.4 Å². The van der Waals surface area contributed by atoms with E-state index in [2.05, 4.69) is 6.92 Å². The highest BCUT2D eigenvalue weighted by Gasteiger charge is 2.29. The number of amides is 2. The minimum atomic E-state index is -0.0225. The molecule has 0 aliphatic heterocycles. The second kappa shape index (κ2) is 11.6. The summed E-state index contributed by atoms with van der Waals surface area (Å²) in [4.78, 5) is 30.0. The molecule has 0 radical (unpaired) electrons. The van der Waals surface area contributed by atoms with Gasteiger partial charge in [-0.1, -0.05) is 62.9 Å². The third-order valence-electron chi connectivity index (χ3n) is 5.88. The van der Waals surface area contributed by atoms with Crippen LogP contribution in [0, 0.1) is 0 Å². The Labute approximate surface area is 180 Å². The Morgan fingerprint density at radius 3 is 2.40 bits per heavy atom. The molecule has 0 unspecified atom stereocenters. The maximum atomic E-state index is 13.4. The lowest BCUT2D eigenvalue weighted by Gasteiger charge is -2.35. The number of nitrogens with zero attached hydrogens (tertiary/aromatic N) is 2. The summed E-state index contributed by atoms with van der Waals surface area (Å²) in [7, 11) is 0. The largest absolute Gasteiger partial charge is 0.467 e. The molecule has 0 atom stereocenters. The molecule has 1 aromatic heterocycles. The summed E-state index contributed by atoms with van der Waals surface area (Å²) in [6.07, 6.45) is 9.50. The van der Waals surface area contributed by atoms with Crippen LogP contribution in [0.5, 0.6) is 0 Å². The standard InChI is InChI=1S/C25H34N2O3/c1-2-3-16-24(28)27(22-13-8-5-9-14-22)20-25(29)26(19-23-15-10-17-30-23)18-21-11-6-4-7-12-21/h4,6-7,10-12,15,17,22H,2-3,5,8-9,13-14,16,18-20H2,1H3. The van der Waals surface area contributed by atoms with Crippen LogP contribution in [0.25, 0.3) is 0 Å². The summed E-state index contributed by atoms with van der Waals surface area (Å²) in [6.45, 7) is 3.15. The van der Waals surface area contributed by atoms with Gasteiger partial charge in [-0.25, -0.2) is 0 Å². The molecule has 2 amide bonds. The number of benzene rings is 1. The number of carbonyl (C=O) groups excluding carboxylic acids is 2. The fourth-order valence-corrected chi connectivity index (χ4v) is 4.16. The molecule has 162 valence electrons. The predicted molar refractivity (Wildman–Crippen MR) is 118 cm³/mol. The maximum absolute atomic E-state index is 13.4. The van der Waals surface area contributed by atoms with Gasteiger partial charge in [0.25, 0.3) is 0 Å². The van der Waals surface area contributed by atoms with E-state index >= 15 is 0 Å². The van der Waals surface area contributed by atoms with Gasteiger partial charge in [-0.15, -0.1) is 0 Å². The first kappa shape index (κ1) is 22.1. The molecule has 0 N–H and O–H groups in total. The topological polar surface area (TPSA) is 53.8 Å².